The van der Waals surface area contributed by atoms with Gasteiger partial charge in [0.05, 0.1) is 30.0 Å². The van der Waals surface area contributed by atoms with Gasteiger partial charge < -0.3 is 15.4 Å². The lowest BCUT2D eigenvalue weighted by molar-refractivity contribution is -0.0869. The smallest absolute Gasteiger partial charge is 0.283 e. The van der Waals surface area contributed by atoms with Crippen LogP contribution in [0.2, 0.25) is 0 Å². The first-order valence-corrected chi connectivity index (χ1v) is 14.5. The average Bonchev–Trinajstić information content (AvgIpc) is 3.40. The van der Waals surface area contributed by atoms with Crippen molar-refractivity contribution in [2.45, 2.75) is 48.2 Å². The Morgan fingerprint density at radius 1 is 1.26 bits per heavy atom. The maximum Gasteiger partial charge on any atom is 0.283 e. The Balaban J connectivity index is 1.50. The van der Waals surface area contributed by atoms with Crippen molar-refractivity contribution in [2.75, 3.05) is 51.0 Å². The van der Waals surface area contributed by atoms with Gasteiger partial charge in [0.1, 0.15) is 23.9 Å². The molecule has 1 aromatic carbocycles. The predicted octanol–water partition coefficient (Wildman–Crippen LogP) is 5.04. The third kappa shape index (κ3) is 5.27. The van der Waals surface area contributed by atoms with Gasteiger partial charge in [-0.25, -0.2) is 22.5 Å². The molecule has 208 valence electrons. The second-order valence-corrected chi connectivity index (χ2v) is 12.1. The quantitative estimate of drug-likeness (QED) is 0.233. The van der Waals surface area contributed by atoms with E-state index in [1.54, 1.807) is 6.92 Å². The van der Waals surface area contributed by atoms with Crippen LogP contribution in [0.5, 0.6) is 0 Å². The van der Waals surface area contributed by atoms with Crippen LogP contribution >= 0.6 is 23.1 Å². The van der Waals surface area contributed by atoms with E-state index in [1.165, 1.54) is 40.1 Å². The molecule has 13 heteroatoms. The number of thioether (sulfide) groups is 1. The number of aliphatic hydroxyl groups excluding tert-OH is 1. The van der Waals surface area contributed by atoms with Crippen LogP contribution in [0.1, 0.15) is 36.2 Å². The van der Waals surface area contributed by atoms with E-state index in [0.717, 1.165) is 14.6 Å². The van der Waals surface area contributed by atoms with E-state index < -0.39 is 42.8 Å². The summed E-state index contributed by atoms with van der Waals surface area (Å²) in [5.41, 5.74) is 1.77. The molecule has 0 aliphatic carbocycles. The Bertz CT molecular complexity index is 1270. The van der Waals surface area contributed by atoms with Crippen LogP contribution in [0.25, 0.3) is 10.3 Å². The lowest BCUT2D eigenvalue weighted by Gasteiger charge is -2.42. The van der Waals surface area contributed by atoms with Crippen molar-refractivity contribution in [3.8, 4) is 0 Å². The minimum absolute atomic E-state index is 0.0211. The molecule has 2 atom stereocenters. The highest BCUT2D eigenvalue weighted by Gasteiger charge is 2.44. The number of alkyl halides is 3. The van der Waals surface area contributed by atoms with Crippen LogP contribution in [-0.2, 0) is 6.42 Å². The van der Waals surface area contributed by atoms with Gasteiger partial charge in [-0.05, 0) is 43.7 Å². The maximum absolute atomic E-state index is 15.7. The molecule has 0 amide bonds. The number of benzene rings is 1. The number of halogens is 5. The summed E-state index contributed by atoms with van der Waals surface area (Å²) in [6, 6.07) is 0.732. The Kier molecular flexibility index (Phi) is 7.94. The number of rotatable bonds is 10. The molecule has 4 heterocycles. The number of fused-ring (bicyclic) bond motifs is 3. The molecule has 5 rings (SSSR count). The summed E-state index contributed by atoms with van der Waals surface area (Å²) in [5, 5.41) is 12.4. The minimum atomic E-state index is -3.45. The van der Waals surface area contributed by atoms with Crippen LogP contribution in [0.15, 0.2) is 16.5 Å². The van der Waals surface area contributed by atoms with Crippen LogP contribution in [-0.4, -0.2) is 88.6 Å². The highest BCUT2D eigenvalue weighted by atomic mass is 32.2. The normalized spacial score (nSPS) is 21.2. The molecular formula is C25H30F5N5OS2. The Morgan fingerprint density at radius 2 is 1.97 bits per heavy atom. The van der Waals surface area contributed by atoms with Gasteiger partial charge in [0.2, 0.25) is 0 Å². The zero-order valence-corrected chi connectivity index (χ0v) is 22.7. The van der Waals surface area contributed by atoms with Crippen molar-refractivity contribution in [2.24, 2.45) is 0 Å². The fourth-order valence-electron chi connectivity index (χ4n) is 5.44. The number of anilines is 1. The summed E-state index contributed by atoms with van der Waals surface area (Å²) < 4.78 is 74.4. The number of aromatic amines is 1. The molecule has 38 heavy (non-hydrogen) atoms. The summed E-state index contributed by atoms with van der Waals surface area (Å²) in [6.07, 6.45) is 2.75. The molecule has 2 aliphatic rings. The summed E-state index contributed by atoms with van der Waals surface area (Å²) in [5.74, 6) is -5.15. The monoisotopic (exact) mass is 575 g/mol. The van der Waals surface area contributed by atoms with E-state index in [-0.39, 0.29) is 24.0 Å². The molecule has 2 aromatic heterocycles. The Labute approximate surface area is 225 Å². The van der Waals surface area contributed by atoms with Gasteiger partial charge in [-0.1, -0.05) is 11.8 Å². The van der Waals surface area contributed by atoms with Crippen molar-refractivity contribution in [1.29, 1.82) is 0 Å². The number of aromatic nitrogens is 2. The van der Waals surface area contributed by atoms with Gasteiger partial charge in [-0.15, -0.1) is 11.3 Å². The number of nitrogens with one attached hydrogen (secondary N) is 2. The van der Waals surface area contributed by atoms with E-state index in [9.17, 15) is 18.3 Å². The van der Waals surface area contributed by atoms with E-state index >= 15 is 8.78 Å². The summed E-state index contributed by atoms with van der Waals surface area (Å²) in [7, 11) is 0. The van der Waals surface area contributed by atoms with Crippen molar-refractivity contribution in [3.05, 3.63) is 40.6 Å². The highest BCUT2D eigenvalue weighted by Crippen LogP contribution is 2.45. The second kappa shape index (κ2) is 10.9. The summed E-state index contributed by atoms with van der Waals surface area (Å²) in [4.78, 5) is 11.1. The van der Waals surface area contributed by atoms with E-state index in [0.29, 0.717) is 43.8 Å². The summed E-state index contributed by atoms with van der Waals surface area (Å²) >= 11 is 2.94. The number of likely N-dealkylation sites (tertiary alicyclic amines) is 1. The third-order valence-corrected chi connectivity index (χ3v) is 9.34. The number of aliphatic hydroxyl groups is 1. The van der Waals surface area contributed by atoms with E-state index in [1.807, 2.05) is 6.26 Å². The van der Waals surface area contributed by atoms with Crippen molar-refractivity contribution in [1.82, 2.24) is 19.8 Å². The third-order valence-electron chi connectivity index (χ3n) is 7.24. The Hall–Kier alpha value is -1.93. The van der Waals surface area contributed by atoms with Gasteiger partial charge in [0.25, 0.3) is 5.92 Å². The SMILES string of the molecule is CSc1nc2[nH]c3c(c2s1)CC(C)N(CC(F)(F)CO)C3c1c(F)cc(NC2CN(CCCF)C2)cc1F. The fourth-order valence-corrected chi connectivity index (χ4v) is 7.02. The summed E-state index contributed by atoms with van der Waals surface area (Å²) in [6.45, 7) is 1.05. The molecule has 3 N–H and O–H groups in total. The van der Waals surface area contributed by atoms with Crippen LogP contribution in [0.4, 0.5) is 27.6 Å². The molecule has 0 saturated carbocycles. The van der Waals surface area contributed by atoms with Gasteiger partial charge in [0.15, 0.2) is 4.34 Å². The van der Waals surface area contributed by atoms with Crippen LogP contribution < -0.4 is 5.32 Å². The number of nitrogens with zero attached hydrogens (tertiary/aromatic N) is 3. The van der Waals surface area contributed by atoms with Gasteiger partial charge in [-0.2, -0.15) is 0 Å². The molecule has 3 aromatic rings. The maximum atomic E-state index is 15.7. The van der Waals surface area contributed by atoms with Gasteiger partial charge >= 0.3 is 0 Å². The first kappa shape index (κ1) is 27.6. The number of hydrogen-bond acceptors (Lipinski definition) is 7. The van der Waals surface area contributed by atoms with E-state index in [4.69, 9.17) is 0 Å². The first-order chi connectivity index (χ1) is 18.1. The average molecular weight is 576 g/mol. The number of H-pyrrole nitrogens is 1. The minimum Gasteiger partial charge on any atom is -0.390 e. The molecule has 6 nitrogen and oxygen atoms in total. The molecular weight excluding hydrogens is 545 g/mol. The van der Waals surface area contributed by atoms with Crippen molar-refractivity contribution >= 4 is 39.1 Å². The molecule has 0 bridgehead atoms. The zero-order valence-electron chi connectivity index (χ0n) is 21.0. The predicted molar refractivity (Wildman–Crippen MR) is 140 cm³/mol. The van der Waals surface area contributed by atoms with Gasteiger partial charge in [0, 0.05) is 42.6 Å². The molecule has 1 fully saturated rings. The standard InChI is InChI=1S/C25H30F5N5OS2/c1-13-6-16-20(32-23-22(16)38-24(33-23)37-2)21(35(13)11-25(29,30)12-36)19-17(27)7-14(8-18(19)28)31-15-9-34(10-15)5-3-4-26/h7-8,13,15,21,31-32,36H,3-6,9-12H2,1-2H3. The zero-order chi connectivity index (χ0) is 27.2. The number of hydrogen-bond donors (Lipinski definition) is 3. The molecule has 1 saturated heterocycles. The molecule has 0 spiro atoms. The van der Waals surface area contributed by atoms with Crippen LogP contribution in [0, 0.1) is 11.6 Å². The Morgan fingerprint density at radius 3 is 2.61 bits per heavy atom. The first-order valence-electron chi connectivity index (χ1n) is 12.5. The largest absolute Gasteiger partial charge is 0.390 e. The molecule has 0 radical (unpaired) electrons. The van der Waals surface area contributed by atoms with Crippen molar-refractivity contribution in [3.63, 3.8) is 0 Å². The topological polar surface area (TPSA) is 67.4 Å². The number of thiazole rings is 1. The van der Waals surface area contributed by atoms with Crippen molar-refractivity contribution < 1.29 is 27.1 Å². The van der Waals surface area contributed by atoms with Crippen LogP contribution in [0.3, 0.4) is 0 Å². The lowest BCUT2D eigenvalue weighted by atomic mass is 9.88. The molecule has 2 unspecified atom stereocenters. The lowest BCUT2D eigenvalue weighted by Crippen LogP contribution is -2.54. The molecule has 2 aliphatic heterocycles. The second-order valence-electron chi connectivity index (χ2n) is 10.0. The fraction of sp³-hybridized carbons (Fsp3) is 0.560. The van der Waals surface area contributed by atoms with E-state index in [2.05, 4.69) is 20.2 Å². The highest BCUT2D eigenvalue weighted by molar-refractivity contribution is 8.00. The van der Waals surface area contributed by atoms with Gasteiger partial charge in [-0.3, -0.25) is 14.2 Å².